The van der Waals surface area contributed by atoms with Crippen LogP contribution in [0.3, 0.4) is 0 Å². The average Bonchev–Trinajstić information content (AvgIpc) is 2.70. The summed E-state index contributed by atoms with van der Waals surface area (Å²) in [6.45, 7) is 11.8. The van der Waals surface area contributed by atoms with Gasteiger partial charge >= 0.3 is 0 Å². The van der Waals surface area contributed by atoms with E-state index < -0.39 is 10.0 Å². The minimum absolute atomic E-state index is 0.0219. The van der Waals surface area contributed by atoms with Gasteiger partial charge in [0.15, 0.2) is 0 Å². The number of benzene rings is 2. The fourth-order valence-electron chi connectivity index (χ4n) is 3.40. The lowest BCUT2D eigenvalue weighted by Crippen LogP contribution is -2.41. The molecule has 0 aliphatic heterocycles. The molecule has 0 saturated carbocycles. The second kappa shape index (κ2) is 10.5. The molecule has 2 aromatic carbocycles. The number of nitrogens with one attached hydrogen (secondary N) is 1. The summed E-state index contributed by atoms with van der Waals surface area (Å²) >= 11 is 6.16. The lowest BCUT2D eigenvalue weighted by molar-refractivity contribution is -0.121. The first-order valence-corrected chi connectivity index (χ1v) is 12.1. The fourth-order valence-corrected chi connectivity index (χ4v) is 5.14. The summed E-state index contributed by atoms with van der Waals surface area (Å²) in [6, 6.07) is 8.22. The van der Waals surface area contributed by atoms with Crippen molar-refractivity contribution in [1.29, 1.82) is 0 Å². The van der Waals surface area contributed by atoms with Crippen molar-refractivity contribution in [1.82, 2.24) is 9.62 Å². The molecule has 0 spiro atoms. The van der Waals surface area contributed by atoms with Gasteiger partial charge in [0.25, 0.3) is 0 Å². The zero-order valence-electron chi connectivity index (χ0n) is 19.0. The van der Waals surface area contributed by atoms with Gasteiger partial charge in [-0.3, -0.25) is 4.79 Å². The number of nitrogens with zero attached hydrogens (tertiary/aromatic N) is 1. The van der Waals surface area contributed by atoms with E-state index in [1.165, 1.54) is 23.8 Å². The molecule has 0 radical (unpaired) electrons. The highest BCUT2D eigenvalue weighted by molar-refractivity contribution is 7.89. The van der Waals surface area contributed by atoms with Crippen LogP contribution in [0.4, 0.5) is 0 Å². The molecule has 0 saturated heterocycles. The molecule has 0 unspecified atom stereocenters. The van der Waals surface area contributed by atoms with Gasteiger partial charge in [0.05, 0.1) is 29.1 Å². The van der Waals surface area contributed by atoms with Crippen molar-refractivity contribution in [3.05, 3.63) is 57.6 Å². The summed E-state index contributed by atoms with van der Waals surface area (Å²) in [5, 5.41) is 3.13. The number of aryl methyl sites for hydroxylation is 3. The highest BCUT2D eigenvalue weighted by Gasteiger charge is 2.27. The maximum atomic E-state index is 13.1. The summed E-state index contributed by atoms with van der Waals surface area (Å²) in [5.74, 6) is 0.0501. The van der Waals surface area contributed by atoms with Gasteiger partial charge < -0.3 is 10.1 Å². The Kier molecular flexibility index (Phi) is 8.51. The van der Waals surface area contributed by atoms with Crippen LogP contribution < -0.4 is 10.1 Å². The molecule has 1 N–H and O–H groups in total. The zero-order valence-corrected chi connectivity index (χ0v) is 20.5. The van der Waals surface area contributed by atoms with E-state index in [1.54, 1.807) is 6.92 Å². The topological polar surface area (TPSA) is 75.7 Å². The van der Waals surface area contributed by atoms with Gasteiger partial charge in [0, 0.05) is 6.54 Å². The first-order chi connectivity index (χ1) is 14.5. The quantitative estimate of drug-likeness (QED) is 0.588. The van der Waals surface area contributed by atoms with Crippen LogP contribution in [0.15, 0.2) is 35.2 Å². The molecule has 2 aromatic rings. The molecular weight excluding hydrogens is 436 g/mol. The van der Waals surface area contributed by atoms with Crippen molar-refractivity contribution in [3.8, 4) is 5.75 Å². The van der Waals surface area contributed by atoms with E-state index in [-0.39, 0.29) is 35.0 Å². The van der Waals surface area contributed by atoms with Gasteiger partial charge in [0.2, 0.25) is 15.9 Å². The average molecular weight is 467 g/mol. The van der Waals surface area contributed by atoms with E-state index in [9.17, 15) is 13.2 Å². The van der Waals surface area contributed by atoms with Gasteiger partial charge in [-0.1, -0.05) is 30.7 Å². The number of halogens is 1. The Balaban J connectivity index is 2.17. The van der Waals surface area contributed by atoms with Crippen LogP contribution in [0, 0.1) is 20.8 Å². The standard InChI is InChI=1S/C23H31ClN2O4S/c1-7-26(31(28,29)19-9-10-22(30-8-2)21(24)13-19)14-23(27)25-18(6)20-12-16(4)15(3)11-17(20)5/h9-13,18H,7-8,14H2,1-6H3,(H,25,27)/t18-/m1/s1. The third kappa shape index (κ3) is 5.99. The number of hydrogen-bond acceptors (Lipinski definition) is 4. The molecule has 0 bridgehead atoms. The van der Waals surface area contributed by atoms with E-state index in [0.29, 0.717) is 12.4 Å². The molecule has 0 aliphatic rings. The lowest BCUT2D eigenvalue weighted by atomic mass is 9.96. The third-order valence-electron chi connectivity index (χ3n) is 5.24. The van der Waals surface area contributed by atoms with E-state index in [0.717, 1.165) is 21.0 Å². The van der Waals surface area contributed by atoms with E-state index in [1.807, 2.05) is 34.6 Å². The highest BCUT2D eigenvalue weighted by Crippen LogP contribution is 2.29. The SMILES string of the molecule is CCOc1ccc(S(=O)(=O)N(CC)CC(=O)N[C@H](C)c2cc(C)c(C)cc2C)cc1Cl. The van der Waals surface area contributed by atoms with Crippen molar-refractivity contribution in [2.45, 2.75) is 52.5 Å². The molecule has 170 valence electrons. The number of carbonyl (C=O) groups excluding carboxylic acids is 1. The van der Waals surface area contributed by atoms with Crippen molar-refractivity contribution in [2.24, 2.45) is 0 Å². The minimum Gasteiger partial charge on any atom is -0.492 e. The van der Waals surface area contributed by atoms with E-state index >= 15 is 0 Å². The summed E-state index contributed by atoms with van der Waals surface area (Å²) in [6.07, 6.45) is 0. The maximum absolute atomic E-state index is 13.1. The van der Waals surface area contributed by atoms with Crippen molar-refractivity contribution in [2.75, 3.05) is 19.7 Å². The van der Waals surface area contributed by atoms with Crippen LogP contribution in [0.1, 0.15) is 49.1 Å². The lowest BCUT2D eigenvalue weighted by Gasteiger charge is -2.23. The maximum Gasteiger partial charge on any atom is 0.243 e. The number of carbonyl (C=O) groups is 1. The molecule has 1 amide bonds. The fraction of sp³-hybridized carbons (Fsp3) is 0.435. The Morgan fingerprint density at radius 3 is 2.32 bits per heavy atom. The minimum atomic E-state index is -3.89. The first-order valence-electron chi connectivity index (χ1n) is 10.3. The smallest absolute Gasteiger partial charge is 0.243 e. The predicted molar refractivity (Wildman–Crippen MR) is 124 cm³/mol. The van der Waals surface area contributed by atoms with Crippen LogP contribution in [0.2, 0.25) is 5.02 Å². The molecule has 31 heavy (non-hydrogen) atoms. The monoisotopic (exact) mass is 466 g/mol. The molecule has 8 heteroatoms. The van der Waals surface area contributed by atoms with E-state index in [2.05, 4.69) is 17.4 Å². The van der Waals surface area contributed by atoms with Gasteiger partial charge in [-0.05, 0) is 75.1 Å². The van der Waals surface area contributed by atoms with Gasteiger partial charge in [-0.2, -0.15) is 4.31 Å². The summed E-state index contributed by atoms with van der Waals surface area (Å²) in [5.41, 5.74) is 4.43. The van der Waals surface area contributed by atoms with Crippen LogP contribution >= 0.6 is 11.6 Å². The predicted octanol–water partition coefficient (Wildman–Crippen LogP) is 4.55. The third-order valence-corrected chi connectivity index (χ3v) is 7.45. The molecule has 0 aromatic heterocycles. The molecule has 1 atom stereocenters. The van der Waals surface area contributed by atoms with Crippen LogP contribution in [0.5, 0.6) is 5.75 Å². The van der Waals surface area contributed by atoms with Gasteiger partial charge in [-0.25, -0.2) is 8.42 Å². The largest absolute Gasteiger partial charge is 0.492 e. The Morgan fingerprint density at radius 2 is 1.74 bits per heavy atom. The van der Waals surface area contributed by atoms with Crippen LogP contribution in [-0.4, -0.2) is 38.3 Å². The van der Waals surface area contributed by atoms with Crippen LogP contribution in [-0.2, 0) is 14.8 Å². The Bertz CT molecular complexity index is 1050. The van der Waals surface area contributed by atoms with Crippen molar-refractivity contribution in [3.63, 3.8) is 0 Å². The summed E-state index contributed by atoms with van der Waals surface area (Å²) < 4.78 is 32.6. The molecule has 0 aliphatic carbocycles. The van der Waals surface area contributed by atoms with Crippen molar-refractivity contribution < 1.29 is 17.9 Å². The molecule has 0 heterocycles. The Morgan fingerprint density at radius 1 is 1.10 bits per heavy atom. The van der Waals surface area contributed by atoms with Gasteiger partial charge in [-0.15, -0.1) is 0 Å². The Labute approximate surface area is 190 Å². The number of amides is 1. The number of sulfonamides is 1. The molecular formula is C23H31ClN2O4S. The normalized spacial score (nSPS) is 12.6. The summed E-state index contributed by atoms with van der Waals surface area (Å²) in [7, 11) is -3.89. The Hall–Kier alpha value is -2.09. The summed E-state index contributed by atoms with van der Waals surface area (Å²) in [4.78, 5) is 12.7. The highest BCUT2D eigenvalue weighted by atomic mass is 35.5. The number of rotatable bonds is 9. The van der Waals surface area contributed by atoms with Crippen LogP contribution in [0.25, 0.3) is 0 Å². The molecule has 0 fully saturated rings. The van der Waals surface area contributed by atoms with Crippen molar-refractivity contribution >= 4 is 27.5 Å². The second-order valence-electron chi connectivity index (χ2n) is 7.54. The number of hydrogen-bond donors (Lipinski definition) is 1. The molecule has 2 rings (SSSR count). The second-order valence-corrected chi connectivity index (χ2v) is 9.88. The van der Waals surface area contributed by atoms with E-state index in [4.69, 9.17) is 16.3 Å². The molecule has 6 nitrogen and oxygen atoms in total. The number of ether oxygens (including phenoxy) is 1. The number of likely N-dealkylation sites (N-methyl/N-ethyl adjacent to an activating group) is 1. The van der Waals surface area contributed by atoms with Gasteiger partial charge in [0.1, 0.15) is 5.75 Å². The first kappa shape index (κ1) is 25.2. The zero-order chi connectivity index (χ0) is 23.3.